The second kappa shape index (κ2) is 12.3. The Hall–Kier alpha value is -4.47. The number of nitrogens with zero attached hydrogens (tertiary/aromatic N) is 5. The van der Waals surface area contributed by atoms with Crippen molar-refractivity contribution in [1.82, 2.24) is 14.8 Å². The number of rotatable bonds is 7. The van der Waals surface area contributed by atoms with Crippen molar-refractivity contribution < 1.29 is 19.1 Å². The van der Waals surface area contributed by atoms with Crippen molar-refractivity contribution in [2.75, 3.05) is 35.9 Å². The molecule has 0 spiro atoms. The van der Waals surface area contributed by atoms with Gasteiger partial charge in [0.1, 0.15) is 21.6 Å². The number of benzene rings is 2. The third-order valence-electron chi connectivity index (χ3n) is 7.72. The number of pyridine rings is 1. The number of amides is 2. The van der Waals surface area contributed by atoms with Gasteiger partial charge in [-0.25, -0.2) is 4.98 Å². The molecule has 6 rings (SSSR count). The maximum Gasteiger partial charge on any atom is 0.279 e. The normalized spacial score (nSPS) is 17.4. The minimum atomic E-state index is -0.455. The Morgan fingerprint density at radius 3 is 2.45 bits per heavy atom. The third kappa shape index (κ3) is 5.27. The van der Waals surface area contributed by atoms with Crippen LogP contribution in [0.2, 0.25) is 0 Å². The van der Waals surface area contributed by atoms with Gasteiger partial charge in [-0.15, -0.1) is 23.5 Å². The van der Waals surface area contributed by atoms with Crippen molar-refractivity contribution >= 4 is 46.7 Å². The van der Waals surface area contributed by atoms with Crippen LogP contribution in [0.5, 0.6) is 11.6 Å². The first-order valence-corrected chi connectivity index (χ1v) is 16.0. The van der Waals surface area contributed by atoms with Crippen LogP contribution in [0.4, 0.5) is 11.4 Å². The van der Waals surface area contributed by atoms with E-state index in [-0.39, 0.29) is 27.2 Å². The second-order valence-electron chi connectivity index (χ2n) is 10.4. The van der Waals surface area contributed by atoms with Gasteiger partial charge in [-0.2, -0.15) is 10.4 Å². The number of fused-ring (bicyclic) bond motifs is 1. The summed E-state index contributed by atoms with van der Waals surface area (Å²) in [6, 6.07) is 18.6. The van der Waals surface area contributed by atoms with E-state index in [4.69, 9.17) is 9.47 Å². The molecule has 0 saturated carbocycles. The lowest BCUT2D eigenvalue weighted by Gasteiger charge is -2.38. The van der Waals surface area contributed by atoms with E-state index in [2.05, 4.69) is 33.6 Å². The monoisotopic (exact) mass is 626 g/mol. The highest BCUT2D eigenvalue weighted by molar-refractivity contribution is 8.18. The zero-order valence-electron chi connectivity index (χ0n) is 24.4. The summed E-state index contributed by atoms with van der Waals surface area (Å²) < 4.78 is 11.8. The molecule has 44 heavy (non-hydrogen) atoms. The molecule has 4 heterocycles. The van der Waals surface area contributed by atoms with Gasteiger partial charge in [0.05, 0.1) is 44.3 Å². The van der Waals surface area contributed by atoms with E-state index in [1.54, 1.807) is 28.8 Å². The summed E-state index contributed by atoms with van der Waals surface area (Å²) in [5, 5.41) is 16.6. The second-order valence-corrected chi connectivity index (χ2v) is 13.3. The first-order valence-electron chi connectivity index (χ1n) is 14.1. The largest absolute Gasteiger partial charge is 0.495 e. The van der Waals surface area contributed by atoms with Gasteiger partial charge >= 0.3 is 0 Å². The van der Waals surface area contributed by atoms with E-state index in [0.717, 1.165) is 34.7 Å². The Bertz CT molecular complexity index is 1740. The van der Waals surface area contributed by atoms with Gasteiger partial charge < -0.3 is 19.7 Å². The Morgan fingerprint density at radius 2 is 1.80 bits per heavy atom. The fraction of sp³-hybridized carbons (Fsp3) is 0.281. The number of nitrogens with one attached hydrogen (secondary N) is 1. The lowest BCUT2D eigenvalue weighted by molar-refractivity contribution is 0.0948. The van der Waals surface area contributed by atoms with Crippen molar-refractivity contribution in [3.8, 4) is 17.7 Å². The molecule has 1 N–H and O–H groups in total. The van der Waals surface area contributed by atoms with Crippen molar-refractivity contribution in [2.24, 2.45) is 0 Å². The van der Waals surface area contributed by atoms with E-state index in [1.165, 1.54) is 19.4 Å². The Morgan fingerprint density at radius 1 is 1.05 bits per heavy atom. The van der Waals surface area contributed by atoms with Gasteiger partial charge in [0.25, 0.3) is 11.8 Å². The summed E-state index contributed by atoms with van der Waals surface area (Å²) in [7, 11) is 3.07. The Labute approximate surface area is 263 Å². The Balaban J connectivity index is 1.27. The molecule has 2 aliphatic heterocycles. The number of carbonyl (C=O) groups excluding carboxylic acids is 2. The maximum atomic E-state index is 14.0. The van der Waals surface area contributed by atoms with Gasteiger partial charge in [0, 0.05) is 29.1 Å². The van der Waals surface area contributed by atoms with Crippen molar-refractivity contribution in [2.45, 2.75) is 30.0 Å². The van der Waals surface area contributed by atoms with E-state index >= 15 is 0 Å². The summed E-state index contributed by atoms with van der Waals surface area (Å²) in [6.45, 7) is 2.44. The zero-order chi connectivity index (χ0) is 30.8. The standard InChI is InChI=1S/C32H30N6O4S2/c1-20-19-37-29(26(18-35-37)36-30(39)21-5-11-27(41-2)22(15-21)16-33)31(40)38(20)25-9-6-23(7-10-25)32(43-13-4-14-44-32)24-8-12-28(42-3)34-17-24/h5-12,15,17-18,20H,4,13-14,19H2,1-3H3,(H,36,39)/t20-/m0/s1. The molecule has 1 atom stereocenters. The molecule has 2 aromatic heterocycles. The molecule has 1 saturated heterocycles. The zero-order valence-corrected chi connectivity index (χ0v) is 26.1. The van der Waals surface area contributed by atoms with Crippen LogP contribution in [0.15, 0.2) is 67.0 Å². The highest BCUT2D eigenvalue weighted by Crippen LogP contribution is 2.55. The molecule has 2 amide bonds. The van der Waals surface area contributed by atoms with Gasteiger partial charge in [0.15, 0.2) is 0 Å². The first-order chi connectivity index (χ1) is 21.4. The van der Waals surface area contributed by atoms with E-state index < -0.39 is 5.91 Å². The minimum absolute atomic E-state index is 0.165. The lowest BCUT2D eigenvalue weighted by atomic mass is 10.0. The van der Waals surface area contributed by atoms with E-state index in [9.17, 15) is 14.9 Å². The molecular formula is C32H30N6O4S2. The van der Waals surface area contributed by atoms with Crippen LogP contribution in [0.25, 0.3) is 0 Å². The smallest absolute Gasteiger partial charge is 0.279 e. The summed E-state index contributed by atoms with van der Waals surface area (Å²) in [5.74, 6) is 2.32. The molecule has 224 valence electrons. The number of hydrogen-bond acceptors (Lipinski definition) is 9. The summed E-state index contributed by atoms with van der Waals surface area (Å²) >= 11 is 3.80. The van der Waals surface area contributed by atoms with Crippen LogP contribution in [-0.4, -0.2) is 58.3 Å². The lowest BCUT2D eigenvalue weighted by Crippen LogP contribution is -2.47. The number of methoxy groups -OCH3 is 2. The van der Waals surface area contributed by atoms with Gasteiger partial charge in [-0.3, -0.25) is 14.3 Å². The van der Waals surface area contributed by atoms with Crippen LogP contribution >= 0.6 is 23.5 Å². The molecular weight excluding hydrogens is 597 g/mol. The van der Waals surface area contributed by atoms with Gasteiger partial charge in [-0.05, 0) is 66.8 Å². The molecule has 0 aliphatic carbocycles. The summed E-state index contributed by atoms with van der Waals surface area (Å²) in [5.41, 5.74) is 4.12. The Kier molecular flexibility index (Phi) is 8.25. The molecule has 10 nitrogen and oxygen atoms in total. The molecule has 2 aromatic carbocycles. The number of nitriles is 1. The van der Waals surface area contributed by atoms with Crippen LogP contribution in [0, 0.1) is 11.3 Å². The highest BCUT2D eigenvalue weighted by Gasteiger charge is 2.39. The highest BCUT2D eigenvalue weighted by atomic mass is 32.2. The molecule has 2 aliphatic rings. The average Bonchev–Trinajstić information content (AvgIpc) is 3.47. The molecule has 12 heteroatoms. The number of thioether (sulfide) groups is 2. The number of aromatic nitrogens is 3. The maximum absolute atomic E-state index is 14.0. The molecule has 0 unspecified atom stereocenters. The van der Waals surface area contributed by atoms with Crippen LogP contribution < -0.4 is 19.7 Å². The van der Waals surface area contributed by atoms with Crippen LogP contribution in [0.3, 0.4) is 0 Å². The molecule has 0 radical (unpaired) electrons. The SMILES string of the molecule is COc1ccc(C2(c3ccc(N4C(=O)c5c(NC(=O)c6ccc(OC)c(C#N)c6)cnn5C[C@@H]4C)cc3)SCCCS2)cn1. The predicted octanol–water partition coefficient (Wildman–Crippen LogP) is 5.54. The van der Waals surface area contributed by atoms with Gasteiger partial charge in [0.2, 0.25) is 5.88 Å². The fourth-order valence-corrected chi connectivity index (χ4v) is 8.91. The molecule has 1 fully saturated rings. The minimum Gasteiger partial charge on any atom is -0.495 e. The number of hydrogen-bond donors (Lipinski definition) is 1. The van der Waals surface area contributed by atoms with E-state index in [1.807, 2.05) is 60.9 Å². The summed E-state index contributed by atoms with van der Waals surface area (Å²) in [4.78, 5) is 33.3. The first kappa shape index (κ1) is 29.6. The topological polar surface area (TPSA) is 122 Å². The van der Waals surface area contributed by atoms with E-state index in [0.29, 0.717) is 29.6 Å². The average molecular weight is 627 g/mol. The summed E-state index contributed by atoms with van der Waals surface area (Å²) in [6.07, 6.45) is 4.52. The van der Waals surface area contributed by atoms with Crippen LogP contribution in [0.1, 0.15) is 50.9 Å². The van der Waals surface area contributed by atoms with Crippen molar-refractivity contribution in [3.05, 3.63) is 94.9 Å². The fourth-order valence-electron chi connectivity index (χ4n) is 5.56. The van der Waals surface area contributed by atoms with Gasteiger partial charge in [-0.1, -0.05) is 12.1 Å². The van der Waals surface area contributed by atoms with Crippen molar-refractivity contribution in [1.29, 1.82) is 5.26 Å². The predicted molar refractivity (Wildman–Crippen MR) is 172 cm³/mol. The quantitative estimate of drug-likeness (QED) is 0.282. The molecule has 4 aromatic rings. The molecule has 0 bridgehead atoms. The number of ether oxygens (including phenoxy) is 2. The van der Waals surface area contributed by atoms with Crippen LogP contribution in [-0.2, 0) is 10.6 Å². The van der Waals surface area contributed by atoms with Crippen molar-refractivity contribution in [3.63, 3.8) is 0 Å². The number of anilines is 2. The third-order valence-corrected chi connectivity index (χ3v) is 11.2. The number of carbonyl (C=O) groups is 2.